The van der Waals surface area contributed by atoms with Crippen LogP contribution in [0.5, 0.6) is 5.75 Å². The first-order valence-corrected chi connectivity index (χ1v) is 3.22. The largest absolute Gasteiger partial charge is 0.492 e. The van der Waals surface area contributed by atoms with E-state index in [1.54, 1.807) is 5.48 Å². The van der Waals surface area contributed by atoms with Gasteiger partial charge in [0.1, 0.15) is 5.69 Å². The molecule has 5 heteroatoms. The molecule has 0 aromatic heterocycles. The Morgan fingerprint density at radius 3 is 2.75 bits per heavy atom. The molecule has 0 aliphatic carbocycles. The standard InChI is InChI=1S/C7H9FN2O2/c1-12-7-5(8)2-4(9)3-6(7)10-11/h2-3,10-11H,9H2,1H3. The summed E-state index contributed by atoms with van der Waals surface area (Å²) in [7, 11) is 1.30. The Kier molecular flexibility index (Phi) is 2.35. The van der Waals surface area contributed by atoms with Crippen LogP contribution in [0.25, 0.3) is 0 Å². The summed E-state index contributed by atoms with van der Waals surface area (Å²) in [6.45, 7) is 0. The summed E-state index contributed by atoms with van der Waals surface area (Å²) >= 11 is 0. The Morgan fingerprint density at radius 2 is 2.25 bits per heavy atom. The van der Waals surface area contributed by atoms with Gasteiger partial charge in [0.15, 0.2) is 11.6 Å². The molecule has 0 fully saturated rings. The Labute approximate surface area is 68.7 Å². The predicted molar refractivity (Wildman–Crippen MR) is 42.8 cm³/mol. The van der Waals surface area contributed by atoms with Gasteiger partial charge in [0.2, 0.25) is 0 Å². The van der Waals surface area contributed by atoms with E-state index in [1.807, 2.05) is 0 Å². The van der Waals surface area contributed by atoms with E-state index in [0.717, 1.165) is 6.07 Å². The van der Waals surface area contributed by atoms with Crippen LogP contribution in [0.4, 0.5) is 15.8 Å². The van der Waals surface area contributed by atoms with E-state index in [9.17, 15) is 4.39 Å². The molecule has 12 heavy (non-hydrogen) atoms. The highest BCUT2D eigenvalue weighted by Crippen LogP contribution is 2.29. The van der Waals surface area contributed by atoms with Crippen molar-refractivity contribution in [3.8, 4) is 5.75 Å². The Balaban J connectivity index is 3.24. The molecule has 66 valence electrons. The van der Waals surface area contributed by atoms with Crippen molar-refractivity contribution in [2.24, 2.45) is 0 Å². The zero-order chi connectivity index (χ0) is 9.14. The average molecular weight is 172 g/mol. The maximum Gasteiger partial charge on any atom is 0.180 e. The van der Waals surface area contributed by atoms with Gasteiger partial charge in [0.25, 0.3) is 0 Å². The van der Waals surface area contributed by atoms with E-state index in [4.69, 9.17) is 10.9 Å². The molecule has 0 amide bonds. The number of nitrogens with one attached hydrogen (secondary N) is 1. The lowest BCUT2D eigenvalue weighted by atomic mass is 10.2. The molecular formula is C7H9FN2O2. The summed E-state index contributed by atoms with van der Waals surface area (Å²) in [6.07, 6.45) is 0. The molecule has 0 unspecified atom stereocenters. The molecule has 0 heterocycles. The molecule has 0 saturated carbocycles. The van der Waals surface area contributed by atoms with Crippen LogP contribution < -0.4 is 16.0 Å². The van der Waals surface area contributed by atoms with Crippen molar-refractivity contribution in [2.75, 3.05) is 18.3 Å². The van der Waals surface area contributed by atoms with E-state index in [-0.39, 0.29) is 17.1 Å². The second-order valence-corrected chi connectivity index (χ2v) is 2.20. The SMILES string of the molecule is COc1c(F)cc(N)cc1NO. The van der Waals surface area contributed by atoms with Crippen LogP contribution in [0.15, 0.2) is 12.1 Å². The van der Waals surface area contributed by atoms with Crippen molar-refractivity contribution >= 4 is 11.4 Å². The predicted octanol–water partition coefficient (Wildman–Crippen LogP) is 1.22. The molecule has 0 atom stereocenters. The van der Waals surface area contributed by atoms with Gasteiger partial charge in [-0.3, -0.25) is 10.7 Å². The summed E-state index contributed by atoms with van der Waals surface area (Å²) in [4.78, 5) is 0. The smallest absolute Gasteiger partial charge is 0.180 e. The molecule has 1 aromatic carbocycles. The van der Waals surface area contributed by atoms with Crippen LogP contribution in [0, 0.1) is 5.82 Å². The third-order valence-electron chi connectivity index (χ3n) is 1.39. The number of hydrogen-bond donors (Lipinski definition) is 3. The number of hydrogen-bond acceptors (Lipinski definition) is 4. The van der Waals surface area contributed by atoms with Gasteiger partial charge in [-0.1, -0.05) is 0 Å². The Hall–Kier alpha value is -1.49. The zero-order valence-electron chi connectivity index (χ0n) is 6.47. The second kappa shape index (κ2) is 3.27. The van der Waals surface area contributed by atoms with Gasteiger partial charge >= 0.3 is 0 Å². The third kappa shape index (κ3) is 1.40. The zero-order valence-corrected chi connectivity index (χ0v) is 6.47. The van der Waals surface area contributed by atoms with E-state index < -0.39 is 5.82 Å². The molecule has 0 aliphatic rings. The van der Waals surface area contributed by atoms with Crippen LogP contribution in [0.2, 0.25) is 0 Å². The van der Waals surface area contributed by atoms with Crippen molar-refractivity contribution in [1.82, 2.24) is 0 Å². The van der Waals surface area contributed by atoms with Crippen molar-refractivity contribution in [3.05, 3.63) is 17.9 Å². The molecular weight excluding hydrogens is 163 g/mol. The lowest BCUT2D eigenvalue weighted by molar-refractivity contribution is 0.362. The summed E-state index contributed by atoms with van der Waals surface area (Å²) in [5.74, 6) is -0.680. The summed E-state index contributed by atoms with van der Waals surface area (Å²) in [5.41, 5.74) is 7.41. The maximum atomic E-state index is 12.9. The van der Waals surface area contributed by atoms with E-state index in [0.29, 0.717) is 0 Å². The number of anilines is 2. The Bertz CT molecular complexity index is 291. The summed E-state index contributed by atoms with van der Waals surface area (Å²) in [5, 5.41) is 8.55. The van der Waals surface area contributed by atoms with Crippen LogP contribution in [0.1, 0.15) is 0 Å². The molecule has 4 N–H and O–H groups in total. The maximum absolute atomic E-state index is 12.9. The van der Waals surface area contributed by atoms with Crippen molar-refractivity contribution in [2.45, 2.75) is 0 Å². The van der Waals surface area contributed by atoms with Crippen LogP contribution in [-0.4, -0.2) is 12.3 Å². The third-order valence-corrected chi connectivity index (χ3v) is 1.39. The number of ether oxygens (including phenoxy) is 1. The highest BCUT2D eigenvalue weighted by molar-refractivity contribution is 5.63. The lowest BCUT2D eigenvalue weighted by Gasteiger charge is -2.08. The number of methoxy groups -OCH3 is 1. The molecule has 0 bridgehead atoms. The van der Waals surface area contributed by atoms with E-state index >= 15 is 0 Å². The Morgan fingerprint density at radius 1 is 1.58 bits per heavy atom. The number of nitrogens with two attached hydrogens (primary N) is 1. The summed E-state index contributed by atoms with van der Waals surface area (Å²) in [6, 6.07) is 2.47. The fourth-order valence-electron chi connectivity index (χ4n) is 0.905. The molecule has 0 aliphatic heterocycles. The van der Waals surface area contributed by atoms with Gasteiger partial charge in [-0.15, -0.1) is 0 Å². The first-order valence-electron chi connectivity index (χ1n) is 3.22. The van der Waals surface area contributed by atoms with Crippen molar-refractivity contribution in [1.29, 1.82) is 0 Å². The summed E-state index contributed by atoms with van der Waals surface area (Å²) < 4.78 is 17.6. The normalized spacial score (nSPS) is 9.58. The molecule has 1 rings (SSSR count). The van der Waals surface area contributed by atoms with Crippen LogP contribution >= 0.6 is 0 Å². The first kappa shape index (κ1) is 8.61. The fourth-order valence-corrected chi connectivity index (χ4v) is 0.905. The van der Waals surface area contributed by atoms with Gasteiger partial charge in [-0.2, -0.15) is 0 Å². The van der Waals surface area contributed by atoms with Gasteiger partial charge in [-0.05, 0) is 6.07 Å². The van der Waals surface area contributed by atoms with E-state index in [1.165, 1.54) is 13.2 Å². The minimum Gasteiger partial charge on any atom is -0.492 e. The number of benzene rings is 1. The monoisotopic (exact) mass is 172 g/mol. The molecule has 0 spiro atoms. The van der Waals surface area contributed by atoms with Crippen LogP contribution in [0.3, 0.4) is 0 Å². The van der Waals surface area contributed by atoms with Crippen molar-refractivity contribution < 1.29 is 14.3 Å². The van der Waals surface area contributed by atoms with Crippen molar-refractivity contribution in [3.63, 3.8) is 0 Å². The highest BCUT2D eigenvalue weighted by atomic mass is 19.1. The molecule has 1 aromatic rings. The number of halogens is 1. The molecule has 0 radical (unpaired) electrons. The second-order valence-electron chi connectivity index (χ2n) is 2.20. The van der Waals surface area contributed by atoms with Gasteiger partial charge in [0, 0.05) is 11.8 Å². The minimum absolute atomic E-state index is 0.0632. The van der Waals surface area contributed by atoms with Gasteiger partial charge in [-0.25, -0.2) is 4.39 Å². The molecule has 4 nitrogen and oxygen atoms in total. The topological polar surface area (TPSA) is 67.5 Å². The fraction of sp³-hybridized carbons (Fsp3) is 0.143. The number of nitrogen functional groups attached to an aromatic ring is 1. The van der Waals surface area contributed by atoms with Gasteiger partial charge in [0.05, 0.1) is 7.11 Å². The van der Waals surface area contributed by atoms with E-state index in [2.05, 4.69) is 4.74 Å². The highest BCUT2D eigenvalue weighted by Gasteiger charge is 2.09. The average Bonchev–Trinajstić information content (AvgIpc) is 2.03. The molecule has 0 saturated heterocycles. The van der Waals surface area contributed by atoms with Gasteiger partial charge < -0.3 is 10.5 Å². The first-order chi connectivity index (χ1) is 5.69. The lowest BCUT2D eigenvalue weighted by Crippen LogP contribution is -1.99. The number of rotatable bonds is 2. The van der Waals surface area contributed by atoms with Crippen LogP contribution in [-0.2, 0) is 0 Å². The quantitative estimate of drug-likeness (QED) is 0.463. The minimum atomic E-state index is -0.617.